The van der Waals surface area contributed by atoms with Crippen molar-refractivity contribution in [2.75, 3.05) is 6.54 Å². The van der Waals surface area contributed by atoms with Gasteiger partial charge in [0.05, 0.1) is 11.8 Å². The zero-order valence-electron chi connectivity index (χ0n) is 61.1. The van der Waals surface area contributed by atoms with Crippen molar-refractivity contribution in [2.45, 2.75) is 273 Å². The van der Waals surface area contributed by atoms with E-state index in [1.807, 2.05) is 32.9 Å². The third-order valence-electron chi connectivity index (χ3n) is 15.5. The van der Waals surface area contributed by atoms with Crippen LogP contribution in [-0.2, 0) is 89.4 Å². The van der Waals surface area contributed by atoms with Gasteiger partial charge in [-0.2, -0.15) is 19.2 Å². The number of carboxylic acids is 4. The Hall–Kier alpha value is -7.23. The van der Waals surface area contributed by atoms with Crippen LogP contribution in [0.1, 0.15) is 228 Å². The maximum Gasteiger partial charge on any atom is 0.373 e. The van der Waals surface area contributed by atoms with Crippen LogP contribution in [0.25, 0.3) is 0 Å². The fourth-order valence-corrected chi connectivity index (χ4v) is 13.8. The first-order valence-corrected chi connectivity index (χ1v) is 45.4. The summed E-state index contributed by atoms with van der Waals surface area (Å²) in [5.41, 5.74) is 0.539. The number of esters is 2. The van der Waals surface area contributed by atoms with Gasteiger partial charge in [0.25, 0.3) is 0 Å². The van der Waals surface area contributed by atoms with Crippen LogP contribution in [0.4, 0.5) is 9.59 Å². The number of ketones is 4. The van der Waals surface area contributed by atoms with Crippen molar-refractivity contribution in [3.05, 3.63) is 63.2 Å². The van der Waals surface area contributed by atoms with Crippen molar-refractivity contribution in [1.29, 1.82) is 0 Å². The van der Waals surface area contributed by atoms with E-state index in [4.69, 9.17) is 33.8 Å². The van der Waals surface area contributed by atoms with E-state index in [-0.39, 0.29) is 106 Å². The Morgan fingerprint density at radius 3 is 1.27 bits per heavy atom. The third-order valence-corrected chi connectivity index (χ3v) is 22.1. The molecule has 0 radical (unpaired) electrons. The molecule has 5 unspecified atom stereocenters. The van der Waals surface area contributed by atoms with Gasteiger partial charge in [-0.1, -0.05) is 45.7 Å². The number of aryl methyl sites for hydroxylation is 2. The number of unbranched alkanes of at least 4 members (excludes halogenated alkanes) is 4. The quantitative estimate of drug-likeness (QED) is 0.0132. The predicted molar refractivity (Wildman–Crippen MR) is 385 cm³/mol. The number of amides is 4. The molecule has 0 aliphatic heterocycles. The maximum atomic E-state index is 13.2. The Bertz CT molecular complexity index is 2980. The minimum absolute atomic E-state index is 0.0473. The predicted octanol–water partition coefficient (Wildman–Crippen LogP) is 11.1. The van der Waals surface area contributed by atoms with Gasteiger partial charge in [0.15, 0.2) is 0 Å². The van der Waals surface area contributed by atoms with E-state index in [9.17, 15) is 72.9 Å². The number of Topliss-reactive ketones (excluding diaryl/α,β-unsaturated/α-hetero) is 4. The van der Waals surface area contributed by atoms with Gasteiger partial charge in [-0.25, -0.2) is 19.2 Å². The van der Waals surface area contributed by atoms with Gasteiger partial charge >= 0.3 is 182 Å². The van der Waals surface area contributed by atoms with Gasteiger partial charge in [0.1, 0.15) is 40.6 Å². The van der Waals surface area contributed by atoms with Crippen LogP contribution in [0, 0.1) is 20.8 Å². The first-order valence-electron chi connectivity index (χ1n) is 34.3. The number of rotatable bonds is 45. The summed E-state index contributed by atoms with van der Waals surface area (Å²) in [6.45, 7) is 16.3. The topological polar surface area (TPSA) is 421 Å². The molecule has 0 heterocycles. The number of carboxylic acid groups (broad SMARTS) is 4. The summed E-state index contributed by atoms with van der Waals surface area (Å²) < 4.78 is 13.6. The van der Waals surface area contributed by atoms with Crippen molar-refractivity contribution in [3.63, 3.8) is 0 Å². The molecule has 0 spiro atoms. The number of nitrogens with one attached hydrogen (secondary N) is 4. The van der Waals surface area contributed by atoms with Crippen LogP contribution in [0.5, 0.6) is 0 Å². The minimum atomic E-state index is -2.07. The average Bonchev–Trinajstić information content (AvgIpc) is 0.870. The summed E-state index contributed by atoms with van der Waals surface area (Å²) in [6.07, 6.45) is 9.56. The van der Waals surface area contributed by atoms with Gasteiger partial charge < -0.3 is 51.2 Å². The summed E-state index contributed by atoms with van der Waals surface area (Å²) in [6, 6.07) is 12.7. The molecule has 26 nitrogen and oxygen atoms in total. The number of urea groups is 2. The van der Waals surface area contributed by atoms with Crippen LogP contribution < -0.4 is 24.8 Å². The van der Waals surface area contributed by atoms with Crippen LogP contribution in [-0.4, -0.2) is 158 Å². The van der Waals surface area contributed by atoms with Gasteiger partial charge in [0.2, 0.25) is 0 Å². The van der Waals surface area contributed by atoms with E-state index in [1.54, 1.807) is 41.5 Å². The number of hydrogen-bond donors (Lipinski definition) is 8. The van der Waals surface area contributed by atoms with E-state index in [0.29, 0.717) is 77.0 Å². The number of carbonyl (C=O) groups is 12. The van der Waals surface area contributed by atoms with Crippen molar-refractivity contribution in [2.24, 2.45) is 17.3 Å². The Balaban J connectivity index is 0. The van der Waals surface area contributed by atoms with E-state index < -0.39 is 113 Å². The fraction of sp³-hybridized carbons (Fsp3) is 0.644. The van der Waals surface area contributed by atoms with Crippen molar-refractivity contribution in [1.82, 2.24) is 21.3 Å². The SMILES string of the molecule is CC(C)(C)OC(=O)CCC(NC(=O)NC(CCC(=O)CC(CCCCCC(=O)CCCc1cc[c]([Sn]([CH3])([CH3])[CH3])cc1)C(=O)O)C(=O)OC(C)(C)C)C(C)(C)C.O=C(O)CCCNC(=O)NC(CCC(=O)CC(CCCCCC(=O)CCCc1ccc(I)cc1)C(=O)O)C(=O)O.O=C=O.O=C=O. The van der Waals surface area contributed by atoms with Crippen molar-refractivity contribution >= 4 is 128 Å². The second kappa shape index (κ2) is 51.8. The number of benzene rings is 2. The summed E-state index contributed by atoms with van der Waals surface area (Å²) in [5, 5.41) is 47.3. The molecule has 0 bridgehead atoms. The third kappa shape index (κ3) is 52.4. The molecule has 101 heavy (non-hydrogen) atoms. The second-order valence-corrected chi connectivity index (χ2v) is 44.6. The molecule has 0 aliphatic rings. The summed E-state index contributed by atoms with van der Waals surface area (Å²) >= 11 is 0.178. The Morgan fingerprint density at radius 1 is 0.455 bits per heavy atom. The summed E-state index contributed by atoms with van der Waals surface area (Å²) in [4.78, 5) is 186. The zero-order chi connectivity index (χ0) is 77.5. The molecule has 28 heteroatoms. The Morgan fingerprint density at radius 2 is 0.871 bits per heavy atom. The minimum Gasteiger partial charge on any atom is -0.481 e. The monoisotopic (exact) mass is 1640 g/mol. The molecule has 0 fully saturated rings. The average molecular weight is 1640 g/mol. The van der Waals surface area contributed by atoms with Gasteiger partial charge in [-0.05, 0) is 145 Å². The number of hydrogen-bond acceptors (Lipinski definition) is 18. The molecule has 8 N–H and O–H groups in total. The Kier molecular flexibility index (Phi) is 49.2. The van der Waals surface area contributed by atoms with Crippen LogP contribution in [0.15, 0.2) is 48.5 Å². The number of carbonyl (C=O) groups excluding carboxylic acids is 12. The number of halogens is 1. The molecule has 2 rings (SSSR count). The van der Waals surface area contributed by atoms with Crippen LogP contribution in [0.2, 0.25) is 14.8 Å². The van der Waals surface area contributed by atoms with E-state index >= 15 is 0 Å². The summed E-state index contributed by atoms with van der Waals surface area (Å²) in [7, 11) is 0. The smallest absolute Gasteiger partial charge is 0.373 e. The van der Waals surface area contributed by atoms with E-state index in [2.05, 4.69) is 95.1 Å². The maximum absolute atomic E-state index is 13.2. The molecule has 0 aliphatic carbocycles. The van der Waals surface area contributed by atoms with Crippen molar-refractivity contribution < 1.29 is 107 Å². The van der Waals surface area contributed by atoms with E-state index in [1.165, 1.54) is 18.3 Å². The molecule has 4 amide bonds. The Labute approximate surface area is 612 Å². The fourth-order valence-electron chi connectivity index (χ4n) is 10.1. The molecular weight excluding hydrogens is 1530 g/mol. The molecule has 0 aromatic heterocycles. The molecule has 566 valence electrons. The molecule has 0 saturated heterocycles. The first kappa shape index (κ1) is 95.8. The standard InChI is InChI=1S/C40H63N2O9.C28H39IN2O9.2CO2.3CH3.Sn/c1-38(2,3)33(25-26-34(45)50-39(4,5)6)42-37(49)41-32(36(48)51-40(7,8)9)24-23-31(44)27-29(35(46)47)20-14-11-15-21-30(43)22-16-19-28-17-12-10-13-18-28;29-21-13-11-19(12-14-21)6-4-9-22(32)8-3-1-2-7-20(26(36)37)18-23(33)15-16-24(27(38)39)31-28(40)30-17-5-10-25(34)35;2*2-1-3;;;;/h12-13,17-18,29,32-33H,11,14-16,19-27H2,1-9H3,(H,46,47)(H2,41,42,49);11-14,20,24H,1-10,15-18H2,(H,34,35)(H,36,37)(H,38,39)(H2,30,31,40);;;3*1H3;. The van der Waals surface area contributed by atoms with Crippen LogP contribution in [0.3, 0.4) is 0 Å². The number of ether oxygens (including phenoxy) is 2. The first-order chi connectivity index (χ1) is 47.0. The van der Waals surface area contributed by atoms with Gasteiger partial charge in [-0.15, -0.1) is 0 Å². The van der Waals surface area contributed by atoms with Gasteiger partial charge in [-0.3, -0.25) is 33.6 Å². The molecule has 5 atom stereocenters. The number of aliphatic carboxylic acids is 4. The van der Waals surface area contributed by atoms with Crippen molar-refractivity contribution in [3.8, 4) is 0 Å². The van der Waals surface area contributed by atoms with E-state index in [0.717, 1.165) is 25.7 Å². The largest absolute Gasteiger partial charge is 0.481 e. The van der Waals surface area contributed by atoms with Crippen LogP contribution >= 0.6 is 22.6 Å². The molecule has 2 aromatic carbocycles. The molecule has 2 aromatic rings. The normalized spacial score (nSPS) is 12.6. The van der Waals surface area contributed by atoms with Gasteiger partial charge in [0, 0.05) is 67.5 Å². The second-order valence-electron chi connectivity index (χ2n) is 28.9. The summed E-state index contributed by atoms with van der Waals surface area (Å²) in [5.74, 6) is -7.75. The molecular formula is C73H111IN4O22Sn. The zero-order valence-corrected chi connectivity index (χ0v) is 66.1. The molecule has 0 saturated carbocycles.